The molecule has 2 rings (SSSR count). The number of thioether (sulfide) groups is 1. The van der Waals surface area contributed by atoms with Gasteiger partial charge in [0.2, 0.25) is 11.8 Å². The van der Waals surface area contributed by atoms with Crippen molar-refractivity contribution in [2.75, 3.05) is 19.3 Å². The van der Waals surface area contributed by atoms with E-state index < -0.39 is 6.04 Å². The van der Waals surface area contributed by atoms with E-state index in [1.807, 2.05) is 25.1 Å². The van der Waals surface area contributed by atoms with Crippen LogP contribution in [0.15, 0.2) is 48.5 Å². The lowest BCUT2D eigenvalue weighted by molar-refractivity contribution is -0.138. The van der Waals surface area contributed by atoms with E-state index in [0.29, 0.717) is 18.7 Å². The molecule has 0 fully saturated rings. The van der Waals surface area contributed by atoms with Crippen molar-refractivity contribution in [2.24, 2.45) is 0 Å². The normalized spacial score (nSPS) is 11.7. The van der Waals surface area contributed by atoms with E-state index in [4.69, 9.17) is 0 Å². The average Bonchev–Trinajstić information content (AvgIpc) is 2.70. The van der Waals surface area contributed by atoms with Gasteiger partial charge in [0.25, 0.3) is 0 Å². The molecule has 1 N–H and O–H groups in total. The molecule has 0 unspecified atom stereocenters. The number of aryl methyl sites for hydroxylation is 2. The summed E-state index contributed by atoms with van der Waals surface area (Å²) in [7, 11) is 1.62. The molecule has 156 valence electrons. The summed E-state index contributed by atoms with van der Waals surface area (Å²) in [6, 6.07) is 16.1. The molecule has 0 bridgehead atoms. The number of carbonyl (C=O) groups excluding carboxylic acids is 2. The average molecular weight is 413 g/mol. The van der Waals surface area contributed by atoms with Gasteiger partial charge in [-0.25, -0.2) is 0 Å². The van der Waals surface area contributed by atoms with Crippen LogP contribution < -0.4 is 5.32 Å². The molecule has 0 saturated heterocycles. The monoisotopic (exact) mass is 412 g/mol. The molecule has 2 amide bonds. The molecular weight excluding hydrogens is 380 g/mol. The van der Waals surface area contributed by atoms with Gasteiger partial charge < -0.3 is 10.2 Å². The van der Waals surface area contributed by atoms with E-state index in [-0.39, 0.29) is 11.8 Å². The first kappa shape index (κ1) is 23.0. The molecule has 4 nitrogen and oxygen atoms in total. The summed E-state index contributed by atoms with van der Waals surface area (Å²) < 4.78 is 0. The second kappa shape index (κ2) is 11.7. The minimum absolute atomic E-state index is 0.0192. The van der Waals surface area contributed by atoms with Gasteiger partial charge in [0.15, 0.2) is 0 Å². The van der Waals surface area contributed by atoms with Crippen molar-refractivity contribution < 1.29 is 9.59 Å². The van der Waals surface area contributed by atoms with Crippen molar-refractivity contribution >= 4 is 23.6 Å². The third-order valence-corrected chi connectivity index (χ3v) is 5.88. The fraction of sp³-hybridized carbons (Fsp3) is 0.417. The summed E-state index contributed by atoms with van der Waals surface area (Å²) >= 11 is 1.61. The number of hydrogen-bond acceptors (Lipinski definition) is 3. The summed E-state index contributed by atoms with van der Waals surface area (Å²) in [6.45, 7) is 6.67. The van der Waals surface area contributed by atoms with E-state index in [9.17, 15) is 9.59 Å². The van der Waals surface area contributed by atoms with Crippen LogP contribution in [-0.2, 0) is 21.8 Å². The Balaban J connectivity index is 2.03. The Morgan fingerprint density at radius 3 is 2.28 bits per heavy atom. The first-order valence-corrected chi connectivity index (χ1v) is 11.3. The summed E-state index contributed by atoms with van der Waals surface area (Å²) in [5, 5.41) is 2.70. The molecule has 0 aliphatic rings. The highest BCUT2D eigenvalue weighted by atomic mass is 32.2. The number of amides is 2. The van der Waals surface area contributed by atoms with Crippen LogP contribution in [0.1, 0.15) is 35.6 Å². The Hall–Kier alpha value is -2.27. The Morgan fingerprint density at radius 1 is 1.03 bits per heavy atom. The van der Waals surface area contributed by atoms with Crippen molar-refractivity contribution in [1.29, 1.82) is 0 Å². The molecule has 29 heavy (non-hydrogen) atoms. The third-order valence-electron chi connectivity index (χ3n) is 4.89. The first-order chi connectivity index (χ1) is 13.9. The quantitative estimate of drug-likeness (QED) is 0.638. The van der Waals surface area contributed by atoms with Crippen molar-refractivity contribution in [3.8, 4) is 0 Å². The van der Waals surface area contributed by atoms with Gasteiger partial charge >= 0.3 is 0 Å². The zero-order chi connectivity index (χ0) is 21.2. The Labute approximate surface area is 179 Å². The predicted molar refractivity (Wildman–Crippen MR) is 122 cm³/mol. The van der Waals surface area contributed by atoms with Gasteiger partial charge in [0.1, 0.15) is 6.04 Å². The predicted octanol–water partition coefficient (Wildman–Crippen LogP) is 4.13. The van der Waals surface area contributed by atoms with E-state index in [1.165, 1.54) is 22.3 Å². The van der Waals surface area contributed by atoms with Crippen LogP contribution in [-0.4, -0.2) is 42.1 Å². The van der Waals surface area contributed by atoms with E-state index in [1.54, 1.807) is 23.7 Å². The summed E-state index contributed by atoms with van der Waals surface area (Å²) in [6.07, 6.45) is 1.34. The minimum Gasteiger partial charge on any atom is -0.357 e. The second-order valence-corrected chi connectivity index (χ2v) is 8.34. The number of carbonyl (C=O) groups is 2. The van der Waals surface area contributed by atoms with Gasteiger partial charge in [-0.1, -0.05) is 66.6 Å². The molecule has 0 heterocycles. The van der Waals surface area contributed by atoms with E-state index in [0.717, 1.165) is 12.2 Å². The van der Waals surface area contributed by atoms with Crippen molar-refractivity contribution in [3.05, 3.63) is 70.8 Å². The summed E-state index contributed by atoms with van der Waals surface area (Å²) in [5.41, 5.74) is 4.87. The van der Waals surface area contributed by atoms with Crippen molar-refractivity contribution in [1.82, 2.24) is 10.2 Å². The fourth-order valence-corrected chi connectivity index (χ4v) is 4.40. The number of nitrogens with zero attached hydrogens (tertiary/aromatic N) is 1. The van der Waals surface area contributed by atoms with Crippen LogP contribution in [0.4, 0.5) is 0 Å². The maximum atomic E-state index is 13.0. The molecule has 0 spiro atoms. The van der Waals surface area contributed by atoms with Crippen LogP contribution in [0.5, 0.6) is 0 Å². The van der Waals surface area contributed by atoms with E-state index in [2.05, 4.69) is 49.5 Å². The molecular formula is C24H32N2O2S. The maximum absolute atomic E-state index is 13.0. The molecule has 0 aliphatic heterocycles. The van der Waals surface area contributed by atoms with Gasteiger partial charge in [0, 0.05) is 19.3 Å². The zero-order valence-corrected chi connectivity index (χ0v) is 18.7. The lowest BCUT2D eigenvalue weighted by atomic mass is 10.1. The molecule has 0 aromatic heterocycles. The van der Waals surface area contributed by atoms with Crippen molar-refractivity contribution in [3.63, 3.8) is 0 Å². The van der Waals surface area contributed by atoms with Crippen LogP contribution in [0, 0.1) is 13.8 Å². The Kier molecular flexibility index (Phi) is 9.26. The molecule has 2 aromatic carbocycles. The molecule has 2 aromatic rings. The smallest absolute Gasteiger partial charge is 0.242 e. The lowest BCUT2D eigenvalue weighted by Crippen LogP contribution is -2.50. The van der Waals surface area contributed by atoms with Crippen molar-refractivity contribution in [2.45, 2.75) is 45.4 Å². The van der Waals surface area contributed by atoms with Gasteiger partial charge in [-0.3, -0.25) is 9.59 Å². The summed E-state index contributed by atoms with van der Waals surface area (Å²) in [5.74, 6) is 1.08. The third kappa shape index (κ3) is 7.24. The maximum Gasteiger partial charge on any atom is 0.242 e. The van der Waals surface area contributed by atoms with Gasteiger partial charge in [-0.2, -0.15) is 0 Å². The molecule has 5 heteroatoms. The van der Waals surface area contributed by atoms with Crippen LogP contribution in [0.25, 0.3) is 0 Å². The van der Waals surface area contributed by atoms with E-state index >= 15 is 0 Å². The molecule has 0 saturated carbocycles. The largest absolute Gasteiger partial charge is 0.357 e. The number of benzene rings is 2. The SMILES string of the molecule is CC[C@H](C(=O)NC)N(CCc1ccccc1)C(=O)CSCc1cc(C)cc(C)c1. The second-order valence-electron chi connectivity index (χ2n) is 7.35. The topological polar surface area (TPSA) is 49.4 Å². The fourth-order valence-electron chi connectivity index (χ4n) is 3.55. The standard InChI is InChI=1S/C24H32N2O2S/c1-5-22(24(28)25-4)26(12-11-20-9-7-6-8-10-20)23(27)17-29-16-21-14-18(2)13-19(3)15-21/h6-10,13-15,22H,5,11-12,16-17H2,1-4H3,(H,25,28)/t22-/m1/s1. The lowest BCUT2D eigenvalue weighted by Gasteiger charge is -2.30. The van der Waals surface area contributed by atoms with Crippen LogP contribution in [0.2, 0.25) is 0 Å². The molecule has 1 atom stereocenters. The number of likely N-dealkylation sites (N-methyl/N-ethyl adjacent to an activating group) is 1. The highest BCUT2D eigenvalue weighted by Crippen LogP contribution is 2.18. The Bertz CT molecular complexity index is 788. The van der Waals surface area contributed by atoms with Crippen LogP contribution in [0.3, 0.4) is 0 Å². The first-order valence-electron chi connectivity index (χ1n) is 10.1. The van der Waals surface area contributed by atoms with Gasteiger partial charge in [-0.15, -0.1) is 11.8 Å². The van der Waals surface area contributed by atoms with Crippen LogP contribution >= 0.6 is 11.8 Å². The highest BCUT2D eigenvalue weighted by molar-refractivity contribution is 7.99. The van der Waals surface area contributed by atoms with Gasteiger partial charge in [-0.05, 0) is 37.8 Å². The Morgan fingerprint density at radius 2 is 1.69 bits per heavy atom. The summed E-state index contributed by atoms with van der Waals surface area (Å²) in [4.78, 5) is 27.1. The highest BCUT2D eigenvalue weighted by Gasteiger charge is 2.27. The zero-order valence-electron chi connectivity index (χ0n) is 17.9. The molecule has 0 radical (unpaired) electrons. The number of nitrogens with one attached hydrogen (secondary N) is 1. The minimum atomic E-state index is -0.432. The number of hydrogen-bond donors (Lipinski definition) is 1. The number of rotatable bonds is 10. The van der Waals surface area contributed by atoms with Gasteiger partial charge in [0.05, 0.1) is 5.75 Å². The molecule has 0 aliphatic carbocycles.